The average molecular weight is 451 g/mol. The van der Waals surface area contributed by atoms with E-state index >= 15 is 0 Å². The Balaban J connectivity index is 1.44. The second kappa shape index (κ2) is 8.86. The Bertz CT molecular complexity index is 1230. The minimum absolute atomic E-state index is 0.0752. The van der Waals surface area contributed by atoms with Crippen molar-refractivity contribution in [3.63, 3.8) is 0 Å². The molecule has 5 rings (SSSR count). The van der Waals surface area contributed by atoms with Crippen LogP contribution in [-0.4, -0.2) is 62.7 Å². The second-order valence-corrected chi connectivity index (χ2v) is 8.82. The van der Waals surface area contributed by atoms with Gasteiger partial charge in [-0.25, -0.2) is 4.98 Å². The molecule has 0 bridgehead atoms. The van der Waals surface area contributed by atoms with Gasteiger partial charge in [-0.15, -0.1) is 0 Å². The molecule has 2 fully saturated rings. The van der Waals surface area contributed by atoms with E-state index in [-0.39, 0.29) is 23.6 Å². The number of fused-ring (bicyclic) bond motifs is 1. The molecular weight excluding hydrogens is 420 g/mol. The minimum atomic E-state index is -0.181. The Hall–Kier alpha value is -3.40. The molecule has 4 heterocycles. The quantitative estimate of drug-likeness (QED) is 0.483. The normalized spacial score (nSPS) is 18.5. The molecule has 0 aromatic carbocycles. The smallest absolute Gasteiger partial charge is 0.274 e. The Morgan fingerprint density at radius 2 is 2.12 bits per heavy atom. The molecule has 1 saturated heterocycles. The predicted molar refractivity (Wildman–Crippen MR) is 127 cm³/mol. The number of carbonyl (C=O) groups excluding carboxylic acids is 1. The maximum atomic E-state index is 13.3. The number of nitrogens with one attached hydrogen (secondary N) is 3. The molecular formula is C23H30N8O2. The third-order valence-electron chi connectivity index (χ3n) is 6.30. The summed E-state index contributed by atoms with van der Waals surface area (Å²) in [6, 6.07) is 5.83. The molecule has 1 atom stereocenters. The third kappa shape index (κ3) is 4.30. The lowest BCUT2D eigenvalue weighted by Gasteiger charge is -2.17. The summed E-state index contributed by atoms with van der Waals surface area (Å²) in [6.07, 6.45) is 7.48. The van der Waals surface area contributed by atoms with E-state index in [2.05, 4.69) is 37.9 Å². The van der Waals surface area contributed by atoms with Gasteiger partial charge in [-0.05, 0) is 44.4 Å². The number of carbonyl (C=O) groups is 1. The van der Waals surface area contributed by atoms with E-state index in [1.807, 2.05) is 16.8 Å². The number of likely N-dealkylation sites (tertiary alicyclic amines) is 1. The zero-order valence-electron chi connectivity index (χ0n) is 19.0. The van der Waals surface area contributed by atoms with Crippen molar-refractivity contribution in [2.75, 3.05) is 37.3 Å². The fourth-order valence-electron chi connectivity index (χ4n) is 4.45. The topological polar surface area (TPSA) is 109 Å². The van der Waals surface area contributed by atoms with Gasteiger partial charge in [0.1, 0.15) is 22.9 Å². The largest absolute Gasteiger partial charge is 0.373 e. The molecule has 2 aliphatic rings. The molecule has 3 N–H and O–H groups in total. The Labute approximate surface area is 192 Å². The van der Waals surface area contributed by atoms with Crippen molar-refractivity contribution in [1.29, 1.82) is 0 Å². The first kappa shape index (κ1) is 21.4. The van der Waals surface area contributed by atoms with Crippen LogP contribution in [0.2, 0.25) is 0 Å². The van der Waals surface area contributed by atoms with E-state index in [9.17, 15) is 9.59 Å². The summed E-state index contributed by atoms with van der Waals surface area (Å²) in [7, 11) is 1.78. The van der Waals surface area contributed by atoms with Crippen molar-refractivity contribution in [1.82, 2.24) is 29.4 Å². The molecule has 1 saturated carbocycles. The summed E-state index contributed by atoms with van der Waals surface area (Å²) < 4.78 is 3.42. The molecule has 0 spiro atoms. The summed E-state index contributed by atoms with van der Waals surface area (Å²) in [5.41, 5.74) is 1.22. The van der Waals surface area contributed by atoms with Gasteiger partial charge in [0.15, 0.2) is 5.65 Å². The second-order valence-electron chi connectivity index (χ2n) is 8.82. The van der Waals surface area contributed by atoms with Crippen LogP contribution in [0.5, 0.6) is 0 Å². The minimum Gasteiger partial charge on any atom is -0.373 e. The molecule has 10 nitrogen and oxygen atoms in total. The van der Waals surface area contributed by atoms with Crippen LogP contribution in [0.4, 0.5) is 17.3 Å². The Morgan fingerprint density at radius 1 is 1.27 bits per heavy atom. The Kier molecular flexibility index (Phi) is 5.76. The van der Waals surface area contributed by atoms with Gasteiger partial charge in [-0.3, -0.25) is 9.59 Å². The molecule has 1 amide bonds. The predicted octanol–water partition coefficient (Wildman–Crippen LogP) is 2.23. The van der Waals surface area contributed by atoms with Crippen molar-refractivity contribution >= 4 is 28.9 Å². The van der Waals surface area contributed by atoms with E-state index in [0.717, 1.165) is 45.3 Å². The van der Waals surface area contributed by atoms with Gasteiger partial charge in [-0.1, -0.05) is 6.92 Å². The molecule has 3 aromatic rings. The summed E-state index contributed by atoms with van der Waals surface area (Å²) in [4.78, 5) is 32.9. The van der Waals surface area contributed by atoms with Crippen LogP contribution in [0, 0.1) is 0 Å². The van der Waals surface area contributed by atoms with Crippen LogP contribution >= 0.6 is 0 Å². The van der Waals surface area contributed by atoms with Crippen LogP contribution in [0.25, 0.3) is 5.65 Å². The van der Waals surface area contributed by atoms with Gasteiger partial charge in [0.2, 0.25) is 0 Å². The van der Waals surface area contributed by atoms with E-state index in [0.29, 0.717) is 28.5 Å². The summed E-state index contributed by atoms with van der Waals surface area (Å²) in [6.45, 7) is 5.14. The van der Waals surface area contributed by atoms with Crippen LogP contribution in [0.3, 0.4) is 0 Å². The highest BCUT2D eigenvalue weighted by atomic mass is 16.2. The fraction of sp³-hybridized carbons (Fsp3) is 0.478. The molecule has 3 aromatic heterocycles. The van der Waals surface area contributed by atoms with E-state index < -0.39 is 0 Å². The molecule has 174 valence electrons. The van der Waals surface area contributed by atoms with E-state index in [1.54, 1.807) is 23.7 Å². The van der Waals surface area contributed by atoms with Crippen LogP contribution < -0.4 is 21.5 Å². The van der Waals surface area contributed by atoms with Crippen LogP contribution in [0.1, 0.15) is 49.0 Å². The van der Waals surface area contributed by atoms with Crippen molar-refractivity contribution < 1.29 is 4.79 Å². The van der Waals surface area contributed by atoms with E-state index in [1.165, 1.54) is 6.20 Å². The first-order chi connectivity index (χ1) is 16.1. The number of amides is 1. The highest BCUT2D eigenvalue weighted by Gasteiger charge is 2.27. The summed E-state index contributed by atoms with van der Waals surface area (Å²) in [5.74, 6) is 0.955. The van der Waals surface area contributed by atoms with Gasteiger partial charge in [-0.2, -0.15) is 9.61 Å². The van der Waals surface area contributed by atoms with Crippen molar-refractivity contribution in [2.45, 2.75) is 44.7 Å². The highest BCUT2D eigenvalue weighted by molar-refractivity contribution is 6.00. The molecule has 33 heavy (non-hydrogen) atoms. The SMILES string of the molecule is CCCN1CC[C@@H](n2cccc(Nc3cc(NC)n4ncc(C(=O)NC5CC5)c4n3)c2=O)C1. The maximum absolute atomic E-state index is 13.3. The highest BCUT2D eigenvalue weighted by Crippen LogP contribution is 2.24. The number of pyridine rings is 1. The first-order valence-corrected chi connectivity index (χ1v) is 11.6. The number of nitrogens with zero attached hydrogens (tertiary/aromatic N) is 5. The lowest BCUT2D eigenvalue weighted by Crippen LogP contribution is -2.29. The van der Waals surface area contributed by atoms with Crippen LogP contribution in [-0.2, 0) is 0 Å². The van der Waals surface area contributed by atoms with Gasteiger partial charge in [0.25, 0.3) is 11.5 Å². The molecule has 10 heteroatoms. The lowest BCUT2D eigenvalue weighted by atomic mass is 10.2. The van der Waals surface area contributed by atoms with Crippen LogP contribution in [0.15, 0.2) is 35.4 Å². The van der Waals surface area contributed by atoms with Gasteiger partial charge < -0.3 is 25.4 Å². The Morgan fingerprint density at radius 3 is 2.88 bits per heavy atom. The van der Waals surface area contributed by atoms with Crippen molar-refractivity contribution in [3.8, 4) is 0 Å². The van der Waals surface area contributed by atoms with Gasteiger partial charge >= 0.3 is 0 Å². The third-order valence-corrected chi connectivity index (χ3v) is 6.30. The monoisotopic (exact) mass is 450 g/mol. The maximum Gasteiger partial charge on any atom is 0.274 e. The summed E-state index contributed by atoms with van der Waals surface area (Å²) >= 11 is 0. The molecule has 0 radical (unpaired) electrons. The standard InChI is InChI=1S/C23H30N8O2/c1-3-9-29-11-8-16(14-29)30-10-4-5-18(23(30)33)27-19-12-20(24-2)31-21(28-19)17(13-25-31)22(32)26-15-6-7-15/h4-5,10,12-13,15-16,24H,3,6-9,11,14H2,1-2H3,(H,26,32)(H,27,28)/t16-/m1/s1. The average Bonchev–Trinajstić information content (AvgIpc) is 3.32. The molecule has 1 aliphatic heterocycles. The number of hydrogen-bond acceptors (Lipinski definition) is 7. The first-order valence-electron chi connectivity index (χ1n) is 11.6. The fourth-order valence-corrected chi connectivity index (χ4v) is 4.45. The number of anilines is 3. The van der Waals surface area contributed by atoms with Crippen molar-refractivity contribution in [3.05, 3.63) is 46.5 Å². The molecule has 0 unspecified atom stereocenters. The number of rotatable bonds is 8. The zero-order valence-corrected chi connectivity index (χ0v) is 19.0. The van der Waals surface area contributed by atoms with E-state index in [4.69, 9.17) is 0 Å². The number of aromatic nitrogens is 4. The van der Waals surface area contributed by atoms with Crippen molar-refractivity contribution in [2.24, 2.45) is 0 Å². The molecule has 1 aliphatic carbocycles. The summed E-state index contributed by atoms with van der Waals surface area (Å²) in [5, 5.41) is 13.6. The zero-order chi connectivity index (χ0) is 22.9. The van der Waals surface area contributed by atoms with Gasteiger partial charge in [0.05, 0.1) is 12.2 Å². The van der Waals surface area contributed by atoms with Gasteiger partial charge in [0, 0.05) is 38.4 Å². The lowest BCUT2D eigenvalue weighted by molar-refractivity contribution is 0.0952. The number of hydrogen-bond donors (Lipinski definition) is 3.